The third-order valence-electron chi connectivity index (χ3n) is 2.56. The number of oxime groups is 1. The van der Waals surface area contributed by atoms with E-state index in [1.54, 1.807) is 6.92 Å². The van der Waals surface area contributed by atoms with Crippen molar-refractivity contribution in [2.45, 2.75) is 32.9 Å². The van der Waals surface area contributed by atoms with E-state index in [9.17, 15) is 10.1 Å². The Kier molecular flexibility index (Phi) is 2.59. The van der Waals surface area contributed by atoms with Crippen LogP contribution in [0, 0.1) is 17.0 Å². The van der Waals surface area contributed by atoms with Crippen molar-refractivity contribution in [1.29, 1.82) is 0 Å². The van der Waals surface area contributed by atoms with Crippen molar-refractivity contribution < 1.29 is 9.76 Å². The summed E-state index contributed by atoms with van der Waals surface area (Å²) >= 11 is 0. The van der Waals surface area contributed by atoms with Gasteiger partial charge in [0.15, 0.2) is 5.82 Å². The summed E-state index contributed by atoms with van der Waals surface area (Å²) in [4.78, 5) is 19.4. The zero-order valence-electron chi connectivity index (χ0n) is 9.08. The fraction of sp³-hybridized carbons (Fsp3) is 0.556. The summed E-state index contributed by atoms with van der Waals surface area (Å²) in [6.07, 6.45) is 2.17. The molecule has 16 heavy (non-hydrogen) atoms. The van der Waals surface area contributed by atoms with E-state index in [1.807, 2.05) is 6.92 Å². The van der Waals surface area contributed by atoms with Crippen LogP contribution >= 0.6 is 0 Å². The van der Waals surface area contributed by atoms with Crippen LogP contribution < -0.4 is 0 Å². The van der Waals surface area contributed by atoms with E-state index >= 15 is 0 Å². The molecule has 0 spiro atoms. The number of hydrogen-bond acceptors (Lipinski definition) is 5. The van der Waals surface area contributed by atoms with Gasteiger partial charge in [-0.3, -0.25) is 0 Å². The molecule has 7 heteroatoms. The summed E-state index contributed by atoms with van der Waals surface area (Å²) < 4.78 is 1.46. The molecule has 7 nitrogen and oxygen atoms in total. The van der Waals surface area contributed by atoms with Crippen molar-refractivity contribution in [2.75, 3.05) is 0 Å². The van der Waals surface area contributed by atoms with Crippen LogP contribution in [0.1, 0.15) is 31.8 Å². The molecule has 1 aromatic heterocycles. The Hall–Kier alpha value is -1.92. The van der Waals surface area contributed by atoms with Gasteiger partial charge in [-0.2, -0.15) is 4.57 Å². The molecule has 1 unspecified atom stereocenters. The highest BCUT2D eigenvalue weighted by Crippen LogP contribution is 2.28. The third kappa shape index (κ3) is 1.64. The first-order valence-corrected chi connectivity index (χ1v) is 5.03. The summed E-state index contributed by atoms with van der Waals surface area (Å²) in [5.41, 5.74) is 0.910. The Labute approximate surface area is 91.9 Å². The lowest BCUT2D eigenvalue weighted by molar-refractivity contribution is -0.393. The minimum Gasteiger partial charge on any atom is -0.358 e. The molecule has 2 heterocycles. The van der Waals surface area contributed by atoms with Gasteiger partial charge in [0, 0.05) is 6.92 Å². The van der Waals surface area contributed by atoms with Crippen LogP contribution in [0.2, 0.25) is 0 Å². The van der Waals surface area contributed by atoms with Gasteiger partial charge in [0.2, 0.25) is 0 Å². The average Bonchev–Trinajstić information content (AvgIpc) is 2.83. The number of rotatable bonds is 3. The van der Waals surface area contributed by atoms with E-state index in [0.717, 1.165) is 12.1 Å². The molecule has 1 aliphatic rings. The van der Waals surface area contributed by atoms with E-state index in [1.165, 1.54) is 10.8 Å². The number of imidazole rings is 1. The predicted molar refractivity (Wildman–Crippen MR) is 56.1 cm³/mol. The number of aryl methyl sites for hydroxylation is 1. The molecule has 0 saturated heterocycles. The highest BCUT2D eigenvalue weighted by Gasteiger charge is 2.31. The number of nitro groups is 1. The van der Waals surface area contributed by atoms with Gasteiger partial charge >= 0.3 is 5.82 Å². The van der Waals surface area contributed by atoms with Gasteiger partial charge in [0.1, 0.15) is 6.20 Å². The Morgan fingerprint density at radius 2 is 2.50 bits per heavy atom. The van der Waals surface area contributed by atoms with Crippen LogP contribution in [0.3, 0.4) is 0 Å². The highest BCUT2D eigenvalue weighted by molar-refractivity contribution is 5.84. The molecule has 0 amide bonds. The second kappa shape index (κ2) is 3.92. The van der Waals surface area contributed by atoms with Crippen LogP contribution in [0.15, 0.2) is 11.4 Å². The zero-order valence-corrected chi connectivity index (χ0v) is 9.08. The van der Waals surface area contributed by atoms with Gasteiger partial charge in [-0.05, 0) is 11.3 Å². The highest BCUT2D eigenvalue weighted by atomic mass is 16.7. The lowest BCUT2D eigenvalue weighted by atomic mass is 10.2. The first-order valence-electron chi connectivity index (χ1n) is 5.03. The summed E-state index contributed by atoms with van der Waals surface area (Å²) in [7, 11) is 0. The van der Waals surface area contributed by atoms with E-state index in [0.29, 0.717) is 12.2 Å². The van der Waals surface area contributed by atoms with Crippen molar-refractivity contribution in [1.82, 2.24) is 9.55 Å². The average molecular weight is 224 g/mol. The monoisotopic (exact) mass is 224 g/mol. The minimum atomic E-state index is -0.465. The molecule has 2 rings (SSSR count). The van der Waals surface area contributed by atoms with Crippen molar-refractivity contribution in [3.63, 3.8) is 0 Å². The Morgan fingerprint density at radius 3 is 3.06 bits per heavy atom. The molecule has 0 fully saturated rings. The summed E-state index contributed by atoms with van der Waals surface area (Å²) in [6, 6.07) is 0. The predicted octanol–water partition coefficient (Wildman–Crippen LogP) is 1.78. The van der Waals surface area contributed by atoms with Gasteiger partial charge in [-0.15, -0.1) is 0 Å². The number of nitrogens with zero attached hydrogens (tertiary/aromatic N) is 4. The zero-order chi connectivity index (χ0) is 11.7. The van der Waals surface area contributed by atoms with Crippen LogP contribution in [-0.4, -0.2) is 20.2 Å². The van der Waals surface area contributed by atoms with Gasteiger partial charge in [-0.25, -0.2) is 4.98 Å². The van der Waals surface area contributed by atoms with E-state index in [-0.39, 0.29) is 5.82 Å². The first-order chi connectivity index (χ1) is 7.63. The molecule has 0 aromatic carbocycles. The molecule has 1 aromatic rings. The topological polar surface area (TPSA) is 82.5 Å². The fourth-order valence-corrected chi connectivity index (χ4v) is 1.69. The second-order valence-electron chi connectivity index (χ2n) is 3.57. The second-order valence-corrected chi connectivity index (χ2v) is 3.57. The van der Waals surface area contributed by atoms with E-state index in [2.05, 4.69) is 10.1 Å². The molecule has 0 aliphatic carbocycles. The van der Waals surface area contributed by atoms with Crippen LogP contribution in [0.25, 0.3) is 0 Å². The van der Waals surface area contributed by atoms with Gasteiger partial charge in [0.05, 0.1) is 12.1 Å². The molecule has 0 bridgehead atoms. The molecular formula is C9H12N4O3. The molecule has 0 saturated carbocycles. The van der Waals surface area contributed by atoms with Gasteiger partial charge in [0.25, 0.3) is 6.23 Å². The van der Waals surface area contributed by atoms with E-state index < -0.39 is 11.2 Å². The van der Waals surface area contributed by atoms with Gasteiger partial charge in [-0.1, -0.05) is 12.1 Å². The Bertz CT molecular complexity index is 452. The maximum absolute atomic E-state index is 10.8. The van der Waals surface area contributed by atoms with Crippen molar-refractivity contribution in [3.05, 3.63) is 22.1 Å². The molecule has 0 radical (unpaired) electrons. The number of hydrogen-bond donors (Lipinski definition) is 0. The first kappa shape index (κ1) is 10.6. The lowest BCUT2D eigenvalue weighted by Crippen LogP contribution is -2.13. The van der Waals surface area contributed by atoms with E-state index in [4.69, 9.17) is 4.84 Å². The summed E-state index contributed by atoms with van der Waals surface area (Å²) in [5.74, 6) is 0.499. The molecule has 1 atom stereocenters. The summed E-state index contributed by atoms with van der Waals surface area (Å²) in [6.45, 7) is 3.68. The Morgan fingerprint density at radius 1 is 1.75 bits per heavy atom. The molecular weight excluding hydrogens is 212 g/mol. The maximum atomic E-state index is 10.8. The Balaban J connectivity index is 2.28. The van der Waals surface area contributed by atoms with Crippen molar-refractivity contribution in [3.8, 4) is 0 Å². The van der Waals surface area contributed by atoms with Crippen molar-refractivity contribution in [2.24, 2.45) is 5.16 Å². The maximum Gasteiger partial charge on any atom is 0.345 e. The quantitative estimate of drug-likeness (QED) is 0.578. The largest absolute Gasteiger partial charge is 0.358 e. The molecule has 86 valence electrons. The SMILES string of the molecule is CCC1=NOC(n2c([N+](=O)[O-])cnc2C)C1. The minimum absolute atomic E-state index is 0.0601. The lowest BCUT2D eigenvalue weighted by Gasteiger charge is -2.07. The smallest absolute Gasteiger partial charge is 0.345 e. The van der Waals surface area contributed by atoms with Gasteiger partial charge < -0.3 is 15.0 Å². The van der Waals surface area contributed by atoms with Crippen LogP contribution in [-0.2, 0) is 4.84 Å². The standard InChI is InChI=1S/C9H12N4O3/c1-3-7-4-9(16-11-7)12-6(2)10-5-8(12)13(14)15/h5,9H,3-4H2,1-2H3. The van der Waals surface area contributed by atoms with Crippen LogP contribution in [0.5, 0.6) is 0 Å². The summed E-state index contributed by atoms with van der Waals surface area (Å²) in [5, 5.41) is 14.7. The molecule has 1 aliphatic heterocycles. The normalized spacial score (nSPS) is 19.4. The van der Waals surface area contributed by atoms with Crippen molar-refractivity contribution >= 4 is 11.5 Å². The fourth-order valence-electron chi connectivity index (χ4n) is 1.69. The third-order valence-corrected chi connectivity index (χ3v) is 2.56. The number of aromatic nitrogens is 2. The van der Waals surface area contributed by atoms with Crippen LogP contribution in [0.4, 0.5) is 5.82 Å². The molecule has 0 N–H and O–H groups in total.